The van der Waals surface area contributed by atoms with Gasteiger partial charge in [0.1, 0.15) is 0 Å². The monoisotopic (exact) mass is 126 g/mol. The van der Waals surface area contributed by atoms with Crippen LogP contribution in [0.3, 0.4) is 0 Å². The van der Waals surface area contributed by atoms with E-state index in [0.29, 0.717) is 5.01 Å². The van der Waals surface area contributed by atoms with Crippen molar-refractivity contribution < 1.29 is 4.79 Å². The second-order valence-electron chi connectivity index (χ2n) is 1.28. The van der Waals surface area contributed by atoms with Crippen molar-refractivity contribution in [3.05, 3.63) is 23.0 Å². The van der Waals surface area contributed by atoms with E-state index in [-0.39, 0.29) is 0 Å². The summed E-state index contributed by atoms with van der Waals surface area (Å²) in [4.78, 5) is 14.5. The SMILES string of the molecule is [CH2]c1cnc(C=O)s1. The maximum Gasteiger partial charge on any atom is 0.178 e. The molecule has 0 saturated carbocycles. The Labute approximate surface area is 51.2 Å². The lowest BCUT2D eigenvalue weighted by molar-refractivity contribution is 0.112. The van der Waals surface area contributed by atoms with Crippen LogP contribution in [0.5, 0.6) is 0 Å². The van der Waals surface area contributed by atoms with Crippen molar-refractivity contribution in [1.82, 2.24) is 4.98 Å². The van der Waals surface area contributed by atoms with E-state index in [1.54, 1.807) is 6.20 Å². The van der Waals surface area contributed by atoms with Crippen molar-refractivity contribution in [3.8, 4) is 0 Å². The molecule has 0 N–H and O–H groups in total. The van der Waals surface area contributed by atoms with Crippen LogP contribution in [0.1, 0.15) is 14.7 Å². The molecule has 0 saturated heterocycles. The average Bonchev–Trinajstić information content (AvgIpc) is 2.14. The van der Waals surface area contributed by atoms with Gasteiger partial charge in [-0.25, -0.2) is 4.98 Å². The summed E-state index contributed by atoms with van der Waals surface area (Å²) >= 11 is 1.30. The second-order valence-corrected chi connectivity index (χ2v) is 2.43. The summed E-state index contributed by atoms with van der Waals surface area (Å²) in [5.74, 6) is 0. The molecule has 1 aromatic rings. The Morgan fingerprint density at radius 3 is 2.88 bits per heavy atom. The first-order chi connectivity index (χ1) is 3.83. The van der Waals surface area contributed by atoms with E-state index in [9.17, 15) is 4.79 Å². The minimum absolute atomic E-state index is 0.495. The Balaban J connectivity index is 3.00. The van der Waals surface area contributed by atoms with Crippen LogP contribution in [0.2, 0.25) is 0 Å². The van der Waals surface area contributed by atoms with E-state index < -0.39 is 0 Å². The fourth-order valence-electron chi connectivity index (χ4n) is 0.377. The van der Waals surface area contributed by atoms with Gasteiger partial charge in [-0.2, -0.15) is 0 Å². The first-order valence-electron chi connectivity index (χ1n) is 2.06. The van der Waals surface area contributed by atoms with E-state index in [1.807, 2.05) is 0 Å². The minimum atomic E-state index is 0.495. The van der Waals surface area contributed by atoms with E-state index >= 15 is 0 Å². The highest BCUT2D eigenvalue weighted by molar-refractivity contribution is 7.13. The number of hydrogen-bond acceptors (Lipinski definition) is 3. The second kappa shape index (κ2) is 2.05. The lowest BCUT2D eigenvalue weighted by Crippen LogP contribution is -1.69. The Kier molecular flexibility index (Phi) is 1.39. The molecule has 0 spiro atoms. The summed E-state index contributed by atoms with van der Waals surface area (Å²) < 4.78 is 0. The van der Waals surface area contributed by atoms with Crippen LogP contribution < -0.4 is 0 Å². The number of carbonyl (C=O) groups is 1. The topological polar surface area (TPSA) is 30.0 Å². The zero-order chi connectivity index (χ0) is 5.98. The molecule has 0 bridgehead atoms. The Morgan fingerprint density at radius 1 is 1.88 bits per heavy atom. The molecule has 1 rings (SSSR count). The van der Waals surface area contributed by atoms with Crippen molar-refractivity contribution in [2.45, 2.75) is 0 Å². The van der Waals surface area contributed by atoms with Gasteiger partial charge in [-0.05, 0) is 6.92 Å². The Bertz CT molecular complexity index is 194. The fourth-order valence-corrected chi connectivity index (χ4v) is 0.905. The van der Waals surface area contributed by atoms with Crippen molar-refractivity contribution in [3.63, 3.8) is 0 Å². The number of rotatable bonds is 1. The van der Waals surface area contributed by atoms with Gasteiger partial charge in [0.05, 0.1) is 0 Å². The zero-order valence-corrected chi connectivity index (χ0v) is 4.94. The summed E-state index contributed by atoms with van der Waals surface area (Å²) in [5, 5.41) is 0.495. The summed E-state index contributed by atoms with van der Waals surface area (Å²) in [6.07, 6.45) is 2.30. The van der Waals surface area contributed by atoms with Crippen molar-refractivity contribution >= 4 is 17.6 Å². The number of nitrogens with zero attached hydrogens (tertiary/aromatic N) is 1. The first kappa shape index (κ1) is 5.44. The van der Waals surface area contributed by atoms with Crippen LogP contribution in [-0.2, 0) is 0 Å². The van der Waals surface area contributed by atoms with Gasteiger partial charge in [-0.1, -0.05) is 0 Å². The molecule has 1 radical (unpaired) electrons. The highest BCUT2D eigenvalue weighted by Gasteiger charge is 1.92. The third-order valence-electron chi connectivity index (χ3n) is 0.672. The molecule has 41 valence electrons. The summed E-state index contributed by atoms with van der Waals surface area (Å²) in [7, 11) is 0. The molecule has 0 aliphatic carbocycles. The molecule has 0 fully saturated rings. The molecule has 3 heteroatoms. The number of carbonyl (C=O) groups excluding carboxylic acids is 1. The molecule has 0 aliphatic heterocycles. The van der Waals surface area contributed by atoms with Crippen molar-refractivity contribution in [1.29, 1.82) is 0 Å². The van der Waals surface area contributed by atoms with E-state index in [1.165, 1.54) is 11.3 Å². The number of hydrogen-bond donors (Lipinski definition) is 0. The molecule has 8 heavy (non-hydrogen) atoms. The van der Waals surface area contributed by atoms with Crippen LogP contribution in [0, 0.1) is 6.92 Å². The van der Waals surface area contributed by atoms with Gasteiger partial charge in [-0.15, -0.1) is 11.3 Å². The Hall–Kier alpha value is -0.700. The van der Waals surface area contributed by atoms with Crippen molar-refractivity contribution in [2.24, 2.45) is 0 Å². The van der Waals surface area contributed by atoms with Gasteiger partial charge >= 0.3 is 0 Å². The summed E-state index contributed by atoms with van der Waals surface area (Å²) in [6, 6.07) is 0. The van der Waals surface area contributed by atoms with E-state index in [4.69, 9.17) is 0 Å². The standard InChI is InChI=1S/C5H4NOS/c1-4-2-6-5(3-7)8-4/h2-3H,1H2. The van der Waals surface area contributed by atoms with Crippen LogP contribution in [-0.4, -0.2) is 11.3 Å². The smallest absolute Gasteiger partial charge is 0.178 e. The molecule has 1 aromatic heterocycles. The molecular weight excluding hydrogens is 122 g/mol. The fraction of sp³-hybridized carbons (Fsp3) is 0. The maximum absolute atomic E-state index is 9.94. The summed E-state index contributed by atoms with van der Waals surface area (Å²) in [5.41, 5.74) is 0. The molecule has 0 aliphatic rings. The van der Waals surface area contributed by atoms with Crippen LogP contribution in [0.15, 0.2) is 6.20 Å². The Morgan fingerprint density at radius 2 is 2.62 bits per heavy atom. The van der Waals surface area contributed by atoms with Gasteiger partial charge < -0.3 is 0 Å². The predicted molar refractivity (Wildman–Crippen MR) is 32.0 cm³/mol. The third kappa shape index (κ3) is 0.924. The maximum atomic E-state index is 9.94. The van der Waals surface area contributed by atoms with Gasteiger partial charge in [-0.3, -0.25) is 4.79 Å². The van der Waals surface area contributed by atoms with Gasteiger partial charge in [0.2, 0.25) is 0 Å². The summed E-state index contributed by atoms with van der Waals surface area (Å²) in [6.45, 7) is 3.59. The highest BCUT2D eigenvalue weighted by Crippen LogP contribution is 2.07. The number of aldehydes is 1. The molecule has 0 unspecified atom stereocenters. The van der Waals surface area contributed by atoms with Crippen molar-refractivity contribution in [2.75, 3.05) is 0 Å². The van der Waals surface area contributed by atoms with Gasteiger partial charge in [0, 0.05) is 11.1 Å². The highest BCUT2D eigenvalue weighted by atomic mass is 32.1. The minimum Gasteiger partial charge on any atom is -0.295 e. The van der Waals surface area contributed by atoms with Gasteiger partial charge in [0.25, 0.3) is 0 Å². The molecule has 2 nitrogen and oxygen atoms in total. The zero-order valence-electron chi connectivity index (χ0n) is 4.13. The van der Waals surface area contributed by atoms with Crippen LogP contribution in [0.25, 0.3) is 0 Å². The van der Waals surface area contributed by atoms with Gasteiger partial charge in [0.15, 0.2) is 11.3 Å². The molecular formula is C5H4NOS. The molecule has 0 atom stereocenters. The van der Waals surface area contributed by atoms with E-state index in [0.717, 1.165) is 11.2 Å². The lowest BCUT2D eigenvalue weighted by atomic mass is 10.6. The number of thiazole rings is 1. The lowest BCUT2D eigenvalue weighted by Gasteiger charge is -1.68. The predicted octanol–water partition coefficient (Wildman–Crippen LogP) is 1.14. The van der Waals surface area contributed by atoms with E-state index in [2.05, 4.69) is 11.9 Å². The average molecular weight is 126 g/mol. The van der Waals surface area contributed by atoms with Crippen LogP contribution >= 0.6 is 11.3 Å². The third-order valence-corrected chi connectivity index (χ3v) is 1.45. The molecule has 1 heterocycles. The number of aromatic nitrogens is 1. The molecule has 0 amide bonds. The largest absolute Gasteiger partial charge is 0.295 e. The normalized spacial score (nSPS) is 9.12. The quantitative estimate of drug-likeness (QED) is 0.528. The van der Waals surface area contributed by atoms with Crippen LogP contribution in [0.4, 0.5) is 0 Å². The molecule has 0 aromatic carbocycles. The first-order valence-corrected chi connectivity index (χ1v) is 2.87.